The third-order valence-corrected chi connectivity index (χ3v) is 4.59. The number of allylic oxidation sites excluding steroid dienone is 4. The van der Waals surface area contributed by atoms with Gasteiger partial charge in [0.15, 0.2) is 0 Å². The Morgan fingerprint density at radius 3 is 2.59 bits per heavy atom. The van der Waals surface area contributed by atoms with Crippen molar-refractivity contribution in [3.63, 3.8) is 0 Å². The first kappa shape index (κ1) is 15.6. The van der Waals surface area contributed by atoms with Gasteiger partial charge >= 0.3 is 0 Å². The van der Waals surface area contributed by atoms with Gasteiger partial charge in [0.05, 0.1) is 18.0 Å². The van der Waals surface area contributed by atoms with Crippen molar-refractivity contribution >= 4 is 12.1 Å². The Labute approximate surface area is 156 Å². The van der Waals surface area contributed by atoms with E-state index < -0.39 is 0 Å². The third-order valence-electron chi connectivity index (χ3n) is 4.59. The van der Waals surface area contributed by atoms with Gasteiger partial charge in [0.25, 0.3) is 5.84 Å². The minimum absolute atomic E-state index is 0.00442. The van der Waals surface area contributed by atoms with Crippen LogP contribution in [-0.4, -0.2) is 21.6 Å². The van der Waals surface area contributed by atoms with Crippen LogP contribution in [0.1, 0.15) is 5.56 Å². The van der Waals surface area contributed by atoms with Gasteiger partial charge in [-0.2, -0.15) is 10.8 Å². The normalized spacial score (nSPS) is 22.3. The average molecular weight is 354 g/mol. The van der Waals surface area contributed by atoms with Crippen molar-refractivity contribution in [2.24, 2.45) is 15.8 Å². The van der Waals surface area contributed by atoms with E-state index in [2.05, 4.69) is 9.98 Å². The number of aromatic nitrogens is 1. The minimum atomic E-state index is 0.00442. The van der Waals surface area contributed by atoms with E-state index in [1.54, 1.807) is 18.6 Å². The predicted molar refractivity (Wildman–Crippen MR) is 104 cm³/mol. The van der Waals surface area contributed by atoms with E-state index >= 15 is 0 Å². The molecule has 130 valence electrons. The highest BCUT2D eigenvalue weighted by Crippen LogP contribution is 2.36. The number of ether oxygens (including phenoxy) is 1. The zero-order chi connectivity index (χ0) is 18.3. The monoisotopic (exact) mass is 354 g/mol. The molecule has 3 heterocycles. The van der Waals surface area contributed by atoms with Crippen molar-refractivity contribution in [2.45, 2.75) is 0 Å². The Morgan fingerprint density at radius 1 is 1.04 bits per heavy atom. The van der Waals surface area contributed by atoms with Gasteiger partial charge in [0.1, 0.15) is 17.6 Å². The number of quaternary nitrogens is 1. The van der Waals surface area contributed by atoms with Crippen LogP contribution in [0.15, 0.2) is 106 Å². The second kappa shape index (κ2) is 5.98. The summed E-state index contributed by atoms with van der Waals surface area (Å²) >= 11 is 0. The summed E-state index contributed by atoms with van der Waals surface area (Å²) in [5.74, 6) is 8.68. The summed E-state index contributed by atoms with van der Waals surface area (Å²) in [6, 6.07) is 13.2. The van der Waals surface area contributed by atoms with Gasteiger partial charge in [-0.15, -0.1) is 4.59 Å². The number of aliphatic imine (C=N–C) groups is 2. The van der Waals surface area contributed by atoms with Crippen molar-refractivity contribution in [1.29, 1.82) is 0 Å². The molecular weight excluding hydrogens is 338 g/mol. The van der Waals surface area contributed by atoms with Gasteiger partial charge in [-0.3, -0.25) is 4.99 Å². The number of benzene rings is 1. The quantitative estimate of drug-likeness (QED) is 0.674. The van der Waals surface area contributed by atoms with Crippen LogP contribution >= 0.6 is 0 Å². The van der Waals surface area contributed by atoms with Crippen LogP contribution in [0, 0.1) is 0 Å². The Hall–Kier alpha value is -3.61. The van der Waals surface area contributed by atoms with Gasteiger partial charge in [-0.1, -0.05) is 24.3 Å². The maximum Gasteiger partial charge on any atom is 0.265 e. The van der Waals surface area contributed by atoms with Gasteiger partial charge in [0.2, 0.25) is 11.6 Å². The number of amidine groups is 1. The van der Waals surface area contributed by atoms with Crippen LogP contribution in [0.2, 0.25) is 0 Å². The minimum Gasteiger partial charge on any atom is -0.439 e. The molecule has 27 heavy (non-hydrogen) atoms. The Balaban J connectivity index is 1.48. The zero-order valence-corrected chi connectivity index (χ0v) is 14.4. The molecule has 6 heteroatoms. The molecule has 1 atom stereocenters. The summed E-state index contributed by atoms with van der Waals surface area (Å²) in [6.45, 7) is 0. The average Bonchev–Trinajstić information content (AvgIpc) is 2.95. The number of hydrogen-bond donors (Lipinski definition) is 1. The molecule has 0 spiro atoms. The van der Waals surface area contributed by atoms with E-state index in [1.807, 2.05) is 66.9 Å². The van der Waals surface area contributed by atoms with Gasteiger partial charge in [0, 0.05) is 17.8 Å². The Kier molecular flexibility index (Phi) is 3.46. The molecule has 5 rings (SSSR count). The van der Waals surface area contributed by atoms with Crippen LogP contribution in [0.3, 0.4) is 0 Å². The molecule has 1 aliphatic carbocycles. The number of rotatable bonds is 4. The molecular formula is C21H16N5O+. The zero-order valence-electron chi connectivity index (χ0n) is 14.4. The standard InChI is InChI=1S/C21H16N5O/c22-26-13-12-23-14-18(26)20(15-4-3-5-15)25-21(26)16-7-9-17(10-8-16)27-19-6-1-2-11-24-19/h1-14H,22H2/q+1. The molecule has 0 bridgehead atoms. The third kappa shape index (κ3) is 2.55. The molecule has 0 fully saturated rings. The molecule has 0 amide bonds. The molecule has 1 unspecified atom stereocenters. The molecule has 6 nitrogen and oxygen atoms in total. The maximum atomic E-state index is 6.69. The highest BCUT2D eigenvalue weighted by molar-refractivity contribution is 6.01. The summed E-state index contributed by atoms with van der Waals surface area (Å²) in [5.41, 5.74) is 3.70. The fourth-order valence-electron chi connectivity index (χ4n) is 3.14. The summed E-state index contributed by atoms with van der Waals surface area (Å²) < 4.78 is 5.77. The van der Waals surface area contributed by atoms with Crippen LogP contribution in [0.4, 0.5) is 0 Å². The van der Waals surface area contributed by atoms with Crippen molar-refractivity contribution in [3.05, 3.63) is 102 Å². The number of pyridine rings is 1. The second-order valence-corrected chi connectivity index (χ2v) is 6.30. The highest BCUT2D eigenvalue weighted by atomic mass is 16.5. The number of hydrogen-bond acceptors (Lipinski definition) is 5. The smallest absolute Gasteiger partial charge is 0.265 e. The number of fused-ring (bicyclic) bond motifs is 1. The lowest BCUT2D eigenvalue weighted by molar-refractivity contribution is -0.750. The summed E-state index contributed by atoms with van der Waals surface area (Å²) in [5, 5.41) is 0. The first-order chi connectivity index (χ1) is 13.2. The SMILES string of the molecule is N[N+]12C=CN=CC1=C(C1=CC=C1)N=C2c1ccc(Oc2ccccn2)cc1. The molecule has 2 aliphatic heterocycles. The molecule has 2 aromatic rings. The van der Waals surface area contributed by atoms with Crippen molar-refractivity contribution in [3.8, 4) is 11.6 Å². The molecule has 3 aliphatic rings. The van der Waals surface area contributed by atoms with Crippen molar-refractivity contribution < 1.29 is 9.33 Å². The Morgan fingerprint density at radius 2 is 1.89 bits per heavy atom. The second-order valence-electron chi connectivity index (χ2n) is 6.30. The van der Waals surface area contributed by atoms with Gasteiger partial charge in [-0.25, -0.2) is 4.98 Å². The van der Waals surface area contributed by atoms with E-state index in [0.29, 0.717) is 11.6 Å². The van der Waals surface area contributed by atoms with E-state index in [0.717, 1.165) is 28.4 Å². The van der Waals surface area contributed by atoms with Crippen LogP contribution in [0.25, 0.3) is 0 Å². The molecule has 1 aromatic carbocycles. The van der Waals surface area contributed by atoms with Crippen LogP contribution < -0.4 is 10.6 Å². The molecule has 0 saturated carbocycles. The number of nitrogens with zero attached hydrogens (tertiary/aromatic N) is 4. The van der Waals surface area contributed by atoms with Crippen LogP contribution in [-0.2, 0) is 0 Å². The van der Waals surface area contributed by atoms with E-state index in [9.17, 15) is 0 Å². The maximum absolute atomic E-state index is 6.69. The van der Waals surface area contributed by atoms with Crippen LogP contribution in [0.5, 0.6) is 11.6 Å². The van der Waals surface area contributed by atoms with Gasteiger partial charge < -0.3 is 4.74 Å². The summed E-state index contributed by atoms with van der Waals surface area (Å²) in [4.78, 5) is 13.2. The summed E-state index contributed by atoms with van der Waals surface area (Å²) in [6.07, 6.45) is 13.0. The fourth-order valence-corrected chi connectivity index (χ4v) is 3.14. The summed E-state index contributed by atoms with van der Waals surface area (Å²) in [7, 11) is 0. The largest absolute Gasteiger partial charge is 0.439 e. The van der Waals surface area contributed by atoms with Crippen molar-refractivity contribution in [2.75, 3.05) is 0 Å². The lowest BCUT2D eigenvalue weighted by Crippen LogP contribution is -2.53. The first-order valence-electron chi connectivity index (χ1n) is 8.54. The fraction of sp³-hybridized carbons (Fsp3) is 0. The first-order valence-corrected chi connectivity index (χ1v) is 8.54. The van der Waals surface area contributed by atoms with E-state index in [-0.39, 0.29) is 4.59 Å². The molecule has 0 radical (unpaired) electrons. The van der Waals surface area contributed by atoms with Crippen molar-refractivity contribution in [1.82, 2.24) is 4.98 Å². The molecule has 2 N–H and O–H groups in total. The van der Waals surface area contributed by atoms with E-state index in [4.69, 9.17) is 15.6 Å². The highest BCUT2D eigenvalue weighted by Gasteiger charge is 2.44. The molecule has 1 aromatic heterocycles. The van der Waals surface area contributed by atoms with Gasteiger partial charge in [-0.05, 0) is 30.3 Å². The topological polar surface area (TPSA) is 72.9 Å². The molecule has 0 saturated heterocycles. The van der Waals surface area contributed by atoms with E-state index in [1.165, 1.54) is 0 Å². The lowest BCUT2D eigenvalue weighted by Gasteiger charge is -2.26. The number of nitrogens with two attached hydrogens (primary N) is 1. The predicted octanol–water partition coefficient (Wildman–Crippen LogP) is 3.59. The lowest BCUT2D eigenvalue weighted by atomic mass is 10.0. The Bertz CT molecular complexity index is 1090.